The number of fused-ring (bicyclic) bond motifs is 1. The van der Waals surface area contributed by atoms with Crippen molar-refractivity contribution >= 4 is 17.0 Å². The van der Waals surface area contributed by atoms with E-state index in [1.165, 1.54) is 49.9 Å². The molecule has 0 unspecified atom stereocenters. The minimum atomic E-state index is 0.286. The monoisotopic (exact) mass is 420 g/mol. The molecule has 1 fully saturated rings. The molecular weight excluding hydrogens is 384 g/mol. The van der Waals surface area contributed by atoms with Crippen LogP contribution in [0.1, 0.15) is 62.3 Å². The highest BCUT2D eigenvalue weighted by molar-refractivity contribution is 5.83. The van der Waals surface area contributed by atoms with Gasteiger partial charge < -0.3 is 15.2 Å². The van der Waals surface area contributed by atoms with E-state index in [2.05, 4.69) is 67.1 Å². The van der Waals surface area contributed by atoms with Gasteiger partial charge in [-0.3, -0.25) is 0 Å². The lowest BCUT2D eigenvalue weighted by molar-refractivity contribution is 0.211. The molecule has 0 saturated carbocycles. The van der Waals surface area contributed by atoms with Gasteiger partial charge in [-0.25, -0.2) is 15.0 Å². The number of imidazole rings is 1. The van der Waals surface area contributed by atoms with Gasteiger partial charge in [0.05, 0.1) is 22.3 Å². The summed E-state index contributed by atoms with van der Waals surface area (Å²) in [7, 11) is 2.22. The van der Waals surface area contributed by atoms with Crippen molar-refractivity contribution < 1.29 is 0 Å². The van der Waals surface area contributed by atoms with Gasteiger partial charge in [-0.2, -0.15) is 0 Å². The molecule has 6 nitrogen and oxygen atoms in total. The number of rotatable bonds is 7. The van der Waals surface area contributed by atoms with Gasteiger partial charge in [0.15, 0.2) is 0 Å². The summed E-state index contributed by atoms with van der Waals surface area (Å²) in [5, 5.41) is 3.45. The van der Waals surface area contributed by atoms with Crippen molar-refractivity contribution in [2.75, 3.05) is 32.0 Å². The molecule has 1 aromatic carbocycles. The minimum absolute atomic E-state index is 0.286. The highest BCUT2D eigenvalue weighted by Gasteiger charge is 2.18. The van der Waals surface area contributed by atoms with Crippen molar-refractivity contribution in [3.05, 3.63) is 35.2 Å². The molecule has 3 heterocycles. The van der Waals surface area contributed by atoms with E-state index in [1.54, 1.807) is 0 Å². The number of hydrogen-bond acceptors (Lipinski definition) is 5. The summed E-state index contributed by atoms with van der Waals surface area (Å²) in [5.41, 5.74) is 6.58. The number of nitrogens with one attached hydrogen (secondary N) is 2. The molecule has 2 N–H and O–H groups in total. The largest absolute Gasteiger partial charge is 0.354 e. The van der Waals surface area contributed by atoms with Crippen LogP contribution in [-0.2, 0) is 0 Å². The average molecular weight is 421 g/mol. The second kappa shape index (κ2) is 9.35. The highest BCUT2D eigenvalue weighted by atomic mass is 15.1. The number of H-pyrrole nitrogens is 1. The molecular formula is C25H36N6. The summed E-state index contributed by atoms with van der Waals surface area (Å²) >= 11 is 0. The van der Waals surface area contributed by atoms with Crippen molar-refractivity contribution in [2.45, 2.75) is 59.3 Å². The molecule has 166 valence electrons. The van der Waals surface area contributed by atoms with Gasteiger partial charge in [0.2, 0.25) is 5.95 Å². The molecule has 1 saturated heterocycles. The van der Waals surface area contributed by atoms with Crippen molar-refractivity contribution in [1.82, 2.24) is 24.8 Å². The minimum Gasteiger partial charge on any atom is -0.354 e. The third-order valence-corrected chi connectivity index (χ3v) is 6.71. The number of nitrogens with zero attached hydrogens (tertiary/aromatic N) is 4. The van der Waals surface area contributed by atoms with Crippen LogP contribution >= 0.6 is 0 Å². The Labute approximate surface area is 185 Å². The maximum atomic E-state index is 4.89. The predicted octanol–water partition coefficient (Wildman–Crippen LogP) is 5.29. The maximum Gasteiger partial charge on any atom is 0.222 e. The van der Waals surface area contributed by atoms with Gasteiger partial charge in [-0.1, -0.05) is 19.9 Å². The summed E-state index contributed by atoms with van der Waals surface area (Å²) in [4.78, 5) is 20.3. The van der Waals surface area contributed by atoms with E-state index >= 15 is 0 Å². The molecule has 3 aromatic rings. The van der Waals surface area contributed by atoms with E-state index < -0.39 is 0 Å². The van der Waals surface area contributed by atoms with E-state index in [4.69, 9.17) is 9.97 Å². The molecule has 31 heavy (non-hydrogen) atoms. The van der Waals surface area contributed by atoms with Crippen molar-refractivity contribution in [2.24, 2.45) is 5.92 Å². The molecule has 6 heteroatoms. The van der Waals surface area contributed by atoms with Gasteiger partial charge in [-0.05, 0) is 88.7 Å². The van der Waals surface area contributed by atoms with Crippen LogP contribution in [0.3, 0.4) is 0 Å². The lowest BCUT2D eigenvalue weighted by atomic mass is 9.92. The van der Waals surface area contributed by atoms with Gasteiger partial charge in [0.25, 0.3) is 0 Å². The first-order valence-corrected chi connectivity index (χ1v) is 11.7. The number of piperidine rings is 1. The molecule has 4 rings (SSSR count). The number of benzene rings is 1. The Kier molecular flexibility index (Phi) is 6.56. The second-order valence-corrected chi connectivity index (χ2v) is 9.45. The van der Waals surface area contributed by atoms with E-state index in [1.807, 2.05) is 6.20 Å². The van der Waals surface area contributed by atoms with Crippen molar-refractivity contribution in [1.29, 1.82) is 0 Å². The third kappa shape index (κ3) is 4.90. The highest BCUT2D eigenvalue weighted by Crippen LogP contribution is 2.29. The number of anilines is 1. The van der Waals surface area contributed by atoms with E-state index in [0.717, 1.165) is 46.5 Å². The number of aryl methyl sites for hydroxylation is 2. The van der Waals surface area contributed by atoms with Crippen LogP contribution in [0.5, 0.6) is 0 Å². The Morgan fingerprint density at radius 1 is 1.16 bits per heavy atom. The van der Waals surface area contributed by atoms with Crippen LogP contribution in [-0.4, -0.2) is 51.5 Å². The van der Waals surface area contributed by atoms with Gasteiger partial charge in [0, 0.05) is 12.7 Å². The fourth-order valence-corrected chi connectivity index (χ4v) is 4.49. The molecule has 0 aliphatic carbocycles. The summed E-state index contributed by atoms with van der Waals surface area (Å²) in [6.07, 6.45) is 7.03. The Bertz CT molecular complexity index is 1030. The lowest BCUT2D eigenvalue weighted by Crippen LogP contribution is -2.30. The molecule has 0 bridgehead atoms. The molecule has 2 aromatic heterocycles. The van der Waals surface area contributed by atoms with E-state index in [-0.39, 0.29) is 5.92 Å². The Balaban J connectivity index is 1.45. The van der Waals surface area contributed by atoms with Crippen molar-refractivity contribution in [3.8, 4) is 11.4 Å². The fourth-order valence-electron chi connectivity index (χ4n) is 4.49. The SMILES string of the molecule is Cc1ccc2[nH]c(-c3cnc(NCCCC4CCN(C)CC4)nc3C(C)C)nc2c1C. The van der Waals surface area contributed by atoms with Crippen LogP contribution in [0.15, 0.2) is 18.3 Å². The summed E-state index contributed by atoms with van der Waals surface area (Å²) in [6.45, 7) is 12.0. The molecule has 1 aliphatic rings. The Morgan fingerprint density at radius 2 is 1.94 bits per heavy atom. The van der Waals surface area contributed by atoms with Crippen LogP contribution in [0.4, 0.5) is 5.95 Å². The Hall–Kier alpha value is -2.47. The number of aromatic amines is 1. The first kappa shape index (κ1) is 21.8. The quantitative estimate of drug-likeness (QED) is 0.508. The average Bonchev–Trinajstić information content (AvgIpc) is 3.20. The standard InChI is InChI=1S/C25H36N6/c1-16(2)22-20(24-28-21-9-8-17(3)18(4)23(21)29-24)15-27-25(30-22)26-12-6-7-19-10-13-31(5)14-11-19/h8-9,15-16,19H,6-7,10-14H2,1-5H3,(H,28,29)(H,26,27,30). The fraction of sp³-hybridized carbons (Fsp3) is 0.560. The zero-order chi connectivity index (χ0) is 22.0. The van der Waals surface area contributed by atoms with Crippen LogP contribution in [0, 0.1) is 19.8 Å². The summed E-state index contributed by atoms with van der Waals surface area (Å²) < 4.78 is 0. The predicted molar refractivity (Wildman–Crippen MR) is 129 cm³/mol. The number of hydrogen-bond donors (Lipinski definition) is 2. The molecule has 0 radical (unpaired) electrons. The van der Waals surface area contributed by atoms with Gasteiger partial charge in [-0.15, -0.1) is 0 Å². The van der Waals surface area contributed by atoms with Crippen LogP contribution < -0.4 is 5.32 Å². The normalized spacial score (nSPS) is 15.8. The maximum absolute atomic E-state index is 4.89. The third-order valence-electron chi connectivity index (χ3n) is 6.71. The zero-order valence-corrected chi connectivity index (χ0v) is 19.6. The number of aromatic nitrogens is 4. The van der Waals surface area contributed by atoms with E-state index in [9.17, 15) is 0 Å². The Morgan fingerprint density at radius 3 is 2.68 bits per heavy atom. The first-order chi connectivity index (χ1) is 14.9. The molecule has 0 amide bonds. The van der Waals surface area contributed by atoms with Gasteiger partial charge >= 0.3 is 0 Å². The first-order valence-electron chi connectivity index (χ1n) is 11.7. The topological polar surface area (TPSA) is 69.7 Å². The van der Waals surface area contributed by atoms with E-state index in [0.29, 0.717) is 0 Å². The van der Waals surface area contributed by atoms with Crippen LogP contribution in [0.25, 0.3) is 22.4 Å². The number of likely N-dealkylation sites (tertiary alicyclic amines) is 1. The molecule has 0 atom stereocenters. The summed E-state index contributed by atoms with van der Waals surface area (Å²) in [5.74, 6) is 2.72. The molecule has 0 spiro atoms. The summed E-state index contributed by atoms with van der Waals surface area (Å²) in [6, 6.07) is 4.24. The van der Waals surface area contributed by atoms with Gasteiger partial charge in [0.1, 0.15) is 5.82 Å². The lowest BCUT2D eigenvalue weighted by Gasteiger charge is -2.28. The zero-order valence-electron chi connectivity index (χ0n) is 19.6. The van der Waals surface area contributed by atoms with Crippen molar-refractivity contribution in [3.63, 3.8) is 0 Å². The second-order valence-electron chi connectivity index (χ2n) is 9.45. The smallest absolute Gasteiger partial charge is 0.222 e. The van der Waals surface area contributed by atoms with Crippen LogP contribution in [0.2, 0.25) is 0 Å². The molecule has 1 aliphatic heterocycles.